The topological polar surface area (TPSA) is 84.5 Å². The summed E-state index contributed by atoms with van der Waals surface area (Å²) in [6.45, 7) is 5.14. The number of benzene rings is 2. The fraction of sp³-hybridized carbons (Fsp3) is 0.235. The maximum absolute atomic E-state index is 12.6. The molecule has 0 heterocycles. The molecule has 0 saturated carbocycles. The van der Waals surface area contributed by atoms with Crippen LogP contribution in [0.3, 0.4) is 0 Å². The van der Waals surface area contributed by atoms with Crippen LogP contribution < -0.4 is 14.8 Å². The number of carbonyl (C=O) groups excluding carboxylic acids is 1. The van der Waals surface area contributed by atoms with Gasteiger partial charge in [0.25, 0.3) is 10.0 Å². The Morgan fingerprint density at radius 3 is 2.42 bits per heavy atom. The standard InChI is InChI=1S/C17H20N2O4S/c1-11-6-5-7-15(12(11)2)19-24(21,22)14-8-9-16(18-13(3)20)17(10-14)23-4/h5-10,19H,1-4H3,(H,18,20). The number of ether oxygens (including phenoxy) is 1. The quantitative estimate of drug-likeness (QED) is 0.870. The van der Waals surface area contributed by atoms with E-state index >= 15 is 0 Å². The minimum atomic E-state index is -3.77. The first-order chi connectivity index (χ1) is 11.2. The van der Waals surface area contributed by atoms with E-state index in [1.807, 2.05) is 19.9 Å². The Labute approximate surface area is 141 Å². The van der Waals surface area contributed by atoms with Gasteiger partial charge in [0.05, 0.1) is 23.4 Å². The minimum Gasteiger partial charge on any atom is -0.495 e. The van der Waals surface area contributed by atoms with E-state index in [-0.39, 0.29) is 16.6 Å². The van der Waals surface area contributed by atoms with Gasteiger partial charge in [0.15, 0.2) is 0 Å². The number of aryl methyl sites for hydroxylation is 1. The van der Waals surface area contributed by atoms with Crippen molar-refractivity contribution in [1.82, 2.24) is 0 Å². The van der Waals surface area contributed by atoms with Gasteiger partial charge in [-0.05, 0) is 43.2 Å². The predicted molar refractivity (Wildman–Crippen MR) is 94.0 cm³/mol. The smallest absolute Gasteiger partial charge is 0.262 e. The van der Waals surface area contributed by atoms with Crippen LogP contribution in [0.2, 0.25) is 0 Å². The Morgan fingerprint density at radius 2 is 1.79 bits per heavy atom. The Bertz CT molecular complexity index is 876. The van der Waals surface area contributed by atoms with Crippen LogP contribution >= 0.6 is 0 Å². The van der Waals surface area contributed by atoms with Gasteiger partial charge >= 0.3 is 0 Å². The highest BCUT2D eigenvalue weighted by Gasteiger charge is 2.18. The number of hydrogen-bond donors (Lipinski definition) is 2. The van der Waals surface area contributed by atoms with Gasteiger partial charge in [-0.2, -0.15) is 0 Å². The van der Waals surface area contributed by atoms with Crippen molar-refractivity contribution in [2.45, 2.75) is 25.7 Å². The summed E-state index contributed by atoms with van der Waals surface area (Å²) in [6, 6.07) is 9.71. The van der Waals surface area contributed by atoms with E-state index in [0.717, 1.165) is 11.1 Å². The predicted octanol–water partition coefficient (Wildman–Crippen LogP) is 3.07. The van der Waals surface area contributed by atoms with Gasteiger partial charge in [0, 0.05) is 13.0 Å². The molecule has 0 aliphatic carbocycles. The third-order valence-electron chi connectivity index (χ3n) is 3.64. The molecular formula is C17H20N2O4S. The SMILES string of the molecule is COc1cc(S(=O)(=O)Nc2cccc(C)c2C)ccc1NC(C)=O. The molecule has 2 aromatic carbocycles. The summed E-state index contributed by atoms with van der Waals surface area (Å²) in [7, 11) is -2.36. The van der Waals surface area contributed by atoms with Gasteiger partial charge < -0.3 is 10.1 Å². The largest absolute Gasteiger partial charge is 0.495 e. The summed E-state index contributed by atoms with van der Waals surface area (Å²) in [5.74, 6) is 0.00598. The zero-order valence-electron chi connectivity index (χ0n) is 14.0. The summed E-state index contributed by atoms with van der Waals surface area (Å²) in [5, 5.41) is 2.59. The number of methoxy groups -OCH3 is 1. The molecule has 6 nitrogen and oxygen atoms in total. The number of carbonyl (C=O) groups is 1. The third kappa shape index (κ3) is 3.86. The maximum Gasteiger partial charge on any atom is 0.262 e. The van der Waals surface area contributed by atoms with Crippen molar-refractivity contribution in [1.29, 1.82) is 0 Å². The summed E-state index contributed by atoms with van der Waals surface area (Å²) >= 11 is 0. The van der Waals surface area contributed by atoms with Crippen molar-refractivity contribution in [3.63, 3.8) is 0 Å². The van der Waals surface area contributed by atoms with Crippen LogP contribution in [0, 0.1) is 13.8 Å². The second-order valence-corrected chi connectivity index (χ2v) is 7.08. The molecule has 24 heavy (non-hydrogen) atoms. The zero-order valence-corrected chi connectivity index (χ0v) is 14.8. The average molecular weight is 348 g/mol. The number of hydrogen-bond acceptors (Lipinski definition) is 4. The normalized spacial score (nSPS) is 11.0. The molecule has 0 spiro atoms. The highest BCUT2D eigenvalue weighted by atomic mass is 32.2. The van der Waals surface area contributed by atoms with Crippen LogP contribution in [-0.4, -0.2) is 21.4 Å². The Kier molecular flexibility index (Phi) is 5.14. The Hall–Kier alpha value is -2.54. The summed E-state index contributed by atoms with van der Waals surface area (Å²) < 4.78 is 33.0. The molecule has 0 atom stereocenters. The molecule has 0 saturated heterocycles. The summed E-state index contributed by atoms with van der Waals surface area (Å²) in [5.41, 5.74) is 2.80. The van der Waals surface area contributed by atoms with Crippen molar-refractivity contribution in [3.8, 4) is 5.75 Å². The Morgan fingerprint density at radius 1 is 1.08 bits per heavy atom. The van der Waals surface area contributed by atoms with E-state index in [1.165, 1.54) is 32.2 Å². The molecule has 2 N–H and O–H groups in total. The lowest BCUT2D eigenvalue weighted by atomic mass is 10.1. The molecule has 0 radical (unpaired) electrons. The fourth-order valence-corrected chi connectivity index (χ4v) is 3.33. The lowest BCUT2D eigenvalue weighted by Gasteiger charge is -2.14. The second kappa shape index (κ2) is 6.92. The van der Waals surface area contributed by atoms with E-state index < -0.39 is 10.0 Å². The number of sulfonamides is 1. The molecule has 0 unspecified atom stereocenters. The van der Waals surface area contributed by atoms with Gasteiger partial charge in [0.2, 0.25) is 5.91 Å². The molecule has 128 valence electrons. The Balaban J connectivity index is 2.39. The van der Waals surface area contributed by atoms with Crippen LogP contribution in [0.1, 0.15) is 18.1 Å². The van der Waals surface area contributed by atoms with E-state index in [4.69, 9.17) is 4.74 Å². The van der Waals surface area contributed by atoms with Gasteiger partial charge in [0.1, 0.15) is 5.75 Å². The van der Waals surface area contributed by atoms with Crippen molar-refractivity contribution < 1.29 is 17.9 Å². The molecule has 0 aromatic heterocycles. The van der Waals surface area contributed by atoms with Crippen molar-refractivity contribution in [2.75, 3.05) is 17.1 Å². The molecule has 0 aliphatic heterocycles. The lowest BCUT2D eigenvalue weighted by Crippen LogP contribution is -2.15. The van der Waals surface area contributed by atoms with E-state index in [2.05, 4.69) is 10.0 Å². The van der Waals surface area contributed by atoms with Crippen LogP contribution in [0.25, 0.3) is 0 Å². The van der Waals surface area contributed by atoms with Gasteiger partial charge in [-0.15, -0.1) is 0 Å². The number of rotatable bonds is 5. The minimum absolute atomic E-state index is 0.0503. The maximum atomic E-state index is 12.6. The highest BCUT2D eigenvalue weighted by Crippen LogP contribution is 2.29. The monoisotopic (exact) mass is 348 g/mol. The molecule has 2 rings (SSSR count). The van der Waals surface area contributed by atoms with E-state index in [0.29, 0.717) is 11.4 Å². The lowest BCUT2D eigenvalue weighted by molar-refractivity contribution is -0.114. The molecule has 1 amide bonds. The molecule has 7 heteroatoms. The fourth-order valence-electron chi connectivity index (χ4n) is 2.20. The average Bonchev–Trinajstić information content (AvgIpc) is 2.51. The zero-order chi connectivity index (χ0) is 17.9. The van der Waals surface area contributed by atoms with Gasteiger partial charge in [-0.3, -0.25) is 9.52 Å². The second-order valence-electron chi connectivity index (χ2n) is 5.40. The van der Waals surface area contributed by atoms with E-state index in [1.54, 1.807) is 12.1 Å². The first-order valence-electron chi connectivity index (χ1n) is 7.29. The molecule has 0 fully saturated rings. The van der Waals surface area contributed by atoms with Crippen LogP contribution in [0.5, 0.6) is 5.75 Å². The van der Waals surface area contributed by atoms with Crippen LogP contribution in [0.4, 0.5) is 11.4 Å². The molecular weight excluding hydrogens is 328 g/mol. The first-order valence-corrected chi connectivity index (χ1v) is 8.77. The van der Waals surface area contributed by atoms with Crippen molar-refractivity contribution in [2.24, 2.45) is 0 Å². The first kappa shape index (κ1) is 17.8. The molecule has 0 bridgehead atoms. The van der Waals surface area contributed by atoms with Crippen LogP contribution in [-0.2, 0) is 14.8 Å². The van der Waals surface area contributed by atoms with Crippen molar-refractivity contribution in [3.05, 3.63) is 47.5 Å². The van der Waals surface area contributed by atoms with E-state index in [9.17, 15) is 13.2 Å². The summed E-state index contributed by atoms with van der Waals surface area (Å²) in [4.78, 5) is 11.2. The van der Waals surface area contributed by atoms with Gasteiger partial charge in [-0.1, -0.05) is 12.1 Å². The number of nitrogens with one attached hydrogen (secondary N) is 2. The summed E-state index contributed by atoms with van der Waals surface area (Å²) in [6.07, 6.45) is 0. The highest BCUT2D eigenvalue weighted by molar-refractivity contribution is 7.92. The van der Waals surface area contributed by atoms with Crippen LogP contribution in [0.15, 0.2) is 41.3 Å². The van der Waals surface area contributed by atoms with Crippen molar-refractivity contribution >= 4 is 27.3 Å². The number of amides is 1. The molecule has 2 aromatic rings. The third-order valence-corrected chi connectivity index (χ3v) is 5.01. The number of anilines is 2. The molecule has 0 aliphatic rings. The van der Waals surface area contributed by atoms with Gasteiger partial charge in [-0.25, -0.2) is 8.42 Å².